The normalized spacial score (nSPS) is 21.2. The number of carbonyl (C=O) groups excluding carboxylic acids is 1. The molecule has 1 aliphatic carbocycles. The van der Waals surface area contributed by atoms with Crippen molar-refractivity contribution in [3.05, 3.63) is 29.0 Å². The minimum Gasteiger partial charge on any atom is -0.444 e. The highest BCUT2D eigenvalue weighted by Gasteiger charge is 2.27. The number of carbonyl (C=O) groups is 1. The van der Waals surface area contributed by atoms with Gasteiger partial charge in [0.05, 0.1) is 10.7 Å². The molecule has 0 heterocycles. The van der Waals surface area contributed by atoms with Crippen LogP contribution in [-0.2, 0) is 4.74 Å². The summed E-state index contributed by atoms with van der Waals surface area (Å²) in [7, 11) is 0. The van der Waals surface area contributed by atoms with Gasteiger partial charge in [0.2, 0.25) is 0 Å². The number of nitrogens with one attached hydrogen (secondary N) is 2. The van der Waals surface area contributed by atoms with Crippen molar-refractivity contribution >= 4 is 23.4 Å². The lowest BCUT2D eigenvalue weighted by Crippen LogP contribution is -2.42. The predicted molar refractivity (Wildman–Crippen MR) is 95.0 cm³/mol. The Labute approximate surface area is 148 Å². The van der Waals surface area contributed by atoms with Crippen LogP contribution in [0.5, 0.6) is 0 Å². The van der Waals surface area contributed by atoms with Gasteiger partial charge in [0.15, 0.2) is 0 Å². The lowest BCUT2D eigenvalue weighted by atomic mass is 9.84. The minimum atomic E-state index is -0.511. The van der Waals surface area contributed by atoms with E-state index >= 15 is 0 Å². The van der Waals surface area contributed by atoms with Gasteiger partial charge in [-0.25, -0.2) is 9.18 Å². The maximum Gasteiger partial charge on any atom is 0.407 e. The molecule has 0 saturated heterocycles. The molecule has 6 heteroatoms. The fourth-order valence-electron chi connectivity index (χ4n) is 2.98. The molecule has 0 bridgehead atoms. The highest BCUT2D eigenvalue weighted by atomic mass is 35.5. The number of benzene rings is 1. The van der Waals surface area contributed by atoms with E-state index in [1.165, 1.54) is 12.1 Å². The van der Waals surface area contributed by atoms with Crippen molar-refractivity contribution in [2.75, 3.05) is 11.9 Å². The van der Waals surface area contributed by atoms with Crippen LogP contribution in [0.25, 0.3) is 0 Å². The topological polar surface area (TPSA) is 50.4 Å². The van der Waals surface area contributed by atoms with Crippen molar-refractivity contribution < 1.29 is 13.9 Å². The molecule has 24 heavy (non-hydrogen) atoms. The fourth-order valence-corrected chi connectivity index (χ4v) is 3.15. The van der Waals surface area contributed by atoms with Gasteiger partial charge in [0.25, 0.3) is 0 Å². The van der Waals surface area contributed by atoms with E-state index in [-0.39, 0.29) is 17.8 Å². The monoisotopic (exact) mass is 356 g/mol. The van der Waals surface area contributed by atoms with E-state index in [1.54, 1.807) is 6.07 Å². The highest BCUT2D eigenvalue weighted by Crippen LogP contribution is 2.30. The predicted octanol–water partition coefficient (Wildman–Crippen LogP) is 4.97. The second-order valence-electron chi connectivity index (χ2n) is 7.30. The molecule has 1 aromatic carbocycles. The first kappa shape index (κ1) is 18.8. The quantitative estimate of drug-likeness (QED) is 0.800. The molecule has 2 N–H and O–H groups in total. The Balaban J connectivity index is 1.95. The Kier molecular flexibility index (Phi) is 6.33. The maximum absolute atomic E-state index is 13.4. The van der Waals surface area contributed by atoms with Crippen LogP contribution in [0, 0.1) is 11.7 Å². The number of halogens is 2. The number of hydrogen-bond donors (Lipinski definition) is 2. The summed E-state index contributed by atoms with van der Waals surface area (Å²) in [6, 6.07) is 4.45. The molecular weight excluding hydrogens is 331 g/mol. The smallest absolute Gasteiger partial charge is 0.407 e. The van der Waals surface area contributed by atoms with Gasteiger partial charge in [-0.1, -0.05) is 24.4 Å². The van der Waals surface area contributed by atoms with Crippen molar-refractivity contribution in [2.24, 2.45) is 5.92 Å². The Morgan fingerprint density at radius 2 is 2.04 bits per heavy atom. The fraction of sp³-hybridized carbons (Fsp3) is 0.611. The molecule has 1 aromatic rings. The Morgan fingerprint density at radius 3 is 2.75 bits per heavy atom. The van der Waals surface area contributed by atoms with Gasteiger partial charge in [-0.15, -0.1) is 0 Å². The Hall–Kier alpha value is -1.49. The third-order valence-electron chi connectivity index (χ3n) is 4.09. The molecule has 0 radical (unpaired) electrons. The summed E-state index contributed by atoms with van der Waals surface area (Å²) in [5.41, 5.74) is 0.0921. The number of alkyl carbamates (subject to hydrolysis) is 1. The second-order valence-corrected chi connectivity index (χ2v) is 7.71. The van der Waals surface area contributed by atoms with Gasteiger partial charge in [-0.3, -0.25) is 0 Å². The summed E-state index contributed by atoms with van der Waals surface area (Å²) in [5, 5.41) is 6.69. The maximum atomic E-state index is 13.4. The molecule has 0 spiro atoms. The van der Waals surface area contributed by atoms with Gasteiger partial charge in [0, 0.05) is 12.6 Å². The number of rotatable bonds is 4. The van der Waals surface area contributed by atoms with Crippen molar-refractivity contribution in [3.8, 4) is 0 Å². The largest absolute Gasteiger partial charge is 0.444 e. The molecule has 4 nitrogen and oxygen atoms in total. The van der Waals surface area contributed by atoms with Crippen LogP contribution in [0.1, 0.15) is 46.5 Å². The summed E-state index contributed by atoms with van der Waals surface area (Å²) < 4.78 is 18.7. The molecule has 1 amide bonds. The van der Waals surface area contributed by atoms with Gasteiger partial charge in [0.1, 0.15) is 11.4 Å². The van der Waals surface area contributed by atoms with Crippen LogP contribution in [0.3, 0.4) is 0 Å². The lowest BCUT2D eigenvalue weighted by Gasteiger charge is -2.33. The SMILES string of the molecule is CC(C)(C)OC(=O)NCC1CCCCC1Nc1cc(F)ccc1Cl. The zero-order valence-corrected chi connectivity index (χ0v) is 15.3. The standard InChI is InChI=1S/C18H26ClFN2O2/c1-18(2,3)24-17(23)21-11-12-6-4-5-7-15(12)22-16-10-13(20)8-9-14(16)19/h8-10,12,15,22H,4-7,11H2,1-3H3,(H,21,23). The van der Waals surface area contributed by atoms with Crippen LogP contribution in [0.15, 0.2) is 18.2 Å². The summed E-state index contributed by atoms with van der Waals surface area (Å²) >= 11 is 6.14. The molecule has 134 valence electrons. The number of amides is 1. The average molecular weight is 357 g/mol. The first-order valence-electron chi connectivity index (χ1n) is 8.43. The Morgan fingerprint density at radius 1 is 1.33 bits per heavy atom. The molecule has 1 saturated carbocycles. The van der Waals surface area contributed by atoms with Crippen LogP contribution in [0.4, 0.5) is 14.9 Å². The van der Waals surface area contributed by atoms with Crippen molar-refractivity contribution in [2.45, 2.75) is 58.1 Å². The van der Waals surface area contributed by atoms with Crippen LogP contribution >= 0.6 is 11.6 Å². The van der Waals surface area contributed by atoms with E-state index in [1.807, 2.05) is 20.8 Å². The number of ether oxygens (including phenoxy) is 1. The zero-order chi connectivity index (χ0) is 17.7. The Bertz CT molecular complexity index is 575. The van der Waals surface area contributed by atoms with Gasteiger partial charge >= 0.3 is 6.09 Å². The molecule has 2 unspecified atom stereocenters. The molecule has 0 aliphatic heterocycles. The third kappa shape index (κ3) is 5.86. The first-order valence-corrected chi connectivity index (χ1v) is 8.81. The molecular formula is C18H26ClFN2O2. The van der Waals surface area contributed by atoms with Crippen LogP contribution < -0.4 is 10.6 Å². The number of anilines is 1. The van der Waals surface area contributed by atoms with Crippen LogP contribution in [0.2, 0.25) is 5.02 Å². The second kappa shape index (κ2) is 8.06. The van der Waals surface area contributed by atoms with Crippen LogP contribution in [-0.4, -0.2) is 24.3 Å². The van der Waals surface area contributed by atoms with Crippen molar-refractivity contribution in [1.82, 2.24) is 5.32 Å². The van der Waals surface area contributed by atoms with E-state index in [0.717, 1.165) is 25.7 Å². The lowest BCUT2D eigenvalue weighted by molar-refractivity contribution is 0.0514. The van der Waals surface area contributed by atoms with E-state index < -0.39 is 11.7 Å². The highest BCUT2D eigenvalue weighted by molar-refractivity contribution is 6.33. The molecule has 1 aliphatic rings. The first-order chi connectivity index (χ1) is 11.2. The number of hydrogen-bond acceptors (Lipinski definition) is 3. The van der Waals surface area contributed by atoms with Gasteiger partial charge in [-0.2, -0.15) is 0 Å². The van der Waals surface area contributed by atoms with E-state index in [4.69, 9.17) is 16.3 Å². The molecule has 2 atom stereocenters. The third-order valence-corrected chi connectivity index (χ3v) is 4.42. The van der Waals surface area contributed by atoms with E-state index in [2.05, 4.69) is 10.6 Å². The molecule has 2 rings (SSSR count). The minimum absolute atomic E-state index is 0.146. The summed E-state index contributed by atoms with van der Waals surface area (Å²) in [6.07, 6.45) is 3.78. The summed E-state index contributed by atoms with van der Waals surface area (Å²) in [4.78, 5) is 11.8. The average Bonchev–Trinajstić information content (AvgIpc) is 2.48. The van der Waals surface area contributed by atoms with E-state index in [9.17, 15) is 9.18 Å². The van der Waals surface area contributed by atoms with E-state index in [0.29, 0.717) is 17.3 Å². The van der Waals surface area contributed by atoms with Crippen molar-refractivity contribution in [3.63, 3.8) is 0 Å². The summed E-state index contributed by atoms with van der Waals surface area (Å²) in [6.45, 7) is 6.04. The zero-order valence-electron chi connectivity index (χ0n) is 14.5. The molecule has 0 aromatic heterocycles. The summed E-state index contributed by atoms with van der Waals surface area (Å²) in [5.74, 6) is -0.0632. The van der Waals surface area contributed by atoms with Crippen molar-refractivity contribution in [1.29, 1.82) is 0 Å². The molecule has 1 fully saturated rings. The van der Waals surface area contributed by atoms with Gasteiger partial charge < -0.3 is 15.4 Å². The van der Waals surface area contributed by atoms with Gasteiger partial charge in [-0.05, 0) is 57.7 Å².